The number of esters is 1. The molecule has 1 heterocycles. The second kappa shape index (κ2) is 8.75. The van der Waals surface area contributed by atoms with Gasteiger partial charge >= 0.3 is 5.97 Å². The van der Waals surface area contributed by atoms with Crippen LogP contribution in [0.25, 0.3) is 0 Å². The molecule has 0 unspecified atom stereocenters. The summed E-state index contributed by atoms with van der Waals surface area (Å²) in [7, 11) is 1.62. The van der Waals surface area contributed by atoms with Crippen molar-refractivity contribution in [3.8, 4) is 11.6 Å². The fourth-order valence-electron chi connectivity index (χ4n) is 2.25. The fourth-order valence-corrected chi connectivity index (χ4v) is 2.85. The predicted octanol–water partition coefficient (Wildman–Crippen LogP) is 3.18. The van der Waals surface area contributed by atoms with Gasteiger partial charge in [0.1, 0.15) is 12.4 Å². The van der Waals surface area contributed by atoms with Crippen LogP contribution in [-0.4, -0.2) is 42.3 Å². The average Bonchev–Trinajstić information content (AvgIpc) is 3.03. The number of aromatic nitrogens is 2. The molecule has 130 valence electrons. The Morgan fingerprint density at radius 3 is 2.75 bits per heavy atom. The molecule has 0 bridgehead atoms. The molecule has 2 rings (SSSR count). The Labute approximate surface area is 146 Å². The van der Waals surface area contributed by atoms with Gasteiger partial charge in [-0.1, -0.05) is 0 Å². The molecule has 0 radical (unpaired) electrons. The highest BCUT2D eigenvalue weighted by molar-refractivity contribution is 7.98. The Hall–Kier alpha value is -1.99. The molecular weight excluding hydrogens is 328 g/mol. The van der Waals surface area contributed by atoms with E-state index in [-0.39, 0.29) is 0 Å². The quantitative estimate of drug-likeness (QED) is 0.414. The minimum absolute atomic E-state index is 0.423. The third kappa shape index (κ3) is 4.10. The third-order valence-corrected chi connectivity index (χ3v) is 4.28. The van der Waals surface area contributed by atoms with E-state index in [0.717, 1.165) is 10.5 Å². The number of methoxy groups -OCH3 is 1. The number of hydrogen-bond acceptors (Lipinski definition) is 6. The zero-order valence-corrected chi connectivity index (χ0v) is 15.2. The van der Waals surface area contributed by atoms with E-state index in [2.05, 4.69) is 5.10 Å². The van der Waals surface area contributed by atoms with Crippen LogP contribution in [0.4, 0.5) is 0 Å². The molecule has 0 saturated heterocycles. The van der Waals surface area contributed by atoms with Crippen molar-refractivity contribution in [1.29, 1.82) is 0 Å². The second-order valence-corrected chi connectivity index (χ2v) is 5.83. The molecule has 7 heteroatoms. The zero-order chi connectivity index (χ0) is 17.5. The van der Waals surface area contributed by atoms with Gasteiger partial charge in [0.25, 0.3) is 0 Å². The summed E-state index contributed by atoms with van der Waals surface area (Å²) in [4.78, 5) is 13.5. The maximum absolute atomic E-state index is 12.5. The van der Waals surface area contributed by atoms with Crippen LogP contribution >= 0.6 is 11.8 Å². The summed E-state index contributed by atoms with van der Waals surface area (Å²) in [6.07, 6.45) is 3.57. The topological polar surface area (TPSA) is 62.6 Å². The molecule has 0 spiro atoms. The number of carbonyl (C=O) groups is 1. The van der Waals surface area contributed by atoms with E-state index in [1.807, 2.05) is 26.2 Å². The summed E-state index contributed by atoms with van der Waals surface area (Å²) in [6.45, 7) is 5.33. The van der Waals surface area contributed by atoms with Crippen LogP contribution in [0.5, 0.6) is 11.6 Å². The van der Waals surface area contributed by atoms with Crippen LogP contribution in [0.2, 0.25) is 0 Å². The van der Waals surface area contributed by atoms with Crippen LogP contribution in [0.3, 0.4) is 0 Å². The molecule has 0 atom stereocenters. The molecule has 0 aliphatic carbocycles. The van der Waals surface area contributed by atoms with E-state index in [0.29, 0.717) is 37.0 Å². The number of hydrogen-bond donors (Lipinski definition) is 0. The van der Waals surface area contributed by atoms with Crippen molar-refractivity contribution in [3.05, 3.63) is 35.5 Å². The number of rotatable bonds is 8. The van der Waals surface area contributed by atoms with Gasteiger partial charge in [-0.3, -0.25) is 0 Å². The van der Waals surface area contributed by atoms with E-state index < -0.39 is 5.97 Å². The molecule has 0 aliphatic heterocycles. The van der Waals surface area contributed by atoms with Gasteiger partial charge in [0, 0.05) is 30.2 Å². The first-order chi connectivity index (χ1) is 11.6. The lowest BCUT2D eigenvalue weighted by atomic mass is 10.1. The van der Waals surface area contributed by atoms with Crippen molar-refractivity contribution >= 4 is 17.7 Å². The largest absolute Gasteiger partial charge is 0.490 e. The smallest absolute Gasteiger partial charge is 0.345 e. The molecule has 0 fully saturated rings. The van der Waals surface area contributed by atoms with Crippen molar-refractivity contribution in [2.75, 3.05) is 26.6 Å². The second-order valence-electron chi connectivity index (χ2n) is 4.99. The van der Waals surface area contributed by atoms with Gasteiger partial charge in [0.2, 0.25) is 5.88 Å². The molecule has 24 heavy (non-hydrogen) atoms. The van der Waals surface area contributed by atoms with Crippen LogP contribution < -0.4 is 9.47 Å². The summed E-state index contributed by atoms with van der Waals surface area (Å²) in [5.74, 6) is 0.697. The summed E-state index contributed by atoms with van der Waals surface area (Å²) >= 11 is 1.57. The van der Waals surface area contributed by atoms with Gasteiger partial charge in [-0.25, -0.2) is 9.48 Å². The first-order valence-corrected chi connectivity index (χ1v) is 8.88. The first-order valence-electron chi connectivity index (χ1n) is 7.65. The molecule has 0 N–H and O–H groups in total. The zero-order valence-electron chi connectivity index (χ0n) is 14.4. The Morgan fingerprint density at radius 1 is 1.29 bits per heavy atom. The van der Waals surface area contributed by atoms with Crippen molar-refractivity contribution in [3.63, 3.8) is 0 Å². The number of thioether (sulfide) groups is 1. The molecular formula is C17H22N2O4S. The highest BCUT2D eigenvalue weighted by Gasteiger charge is 2.19. The molecule has 0 amide bonds. The van der Waals surface area contributed by atoms with E-state index in [4.69, 9.17) is 14.2 Å². The Morgan fingerprint density at radius 2 is 2.08 bits per heavy atom. The lowest BCUT2D eigenvalue weighted by Crippen LogP contribution is -2.15. The number of carbonyl (C=O) groups excluding carboxylic acids is 1. The number of nitrogens with zero attached hydrogens (tertiary/aromatic N) is 2. The van der Waals surface area contributed by atoms with E-state index in [1.54, 1.807) is 41.9 Å². The minimum Gasteiger partial charge on any atom is -0.490 e. The number of ether oxygens (including phenoxy) is 3. The van der Waals surface area contributed by atoms with E-state index in [9.17, 15) is 4.79 Å². The van der Waals surface area contributed by atoms with Crippen molar-refractivity contribution in [1.82, 2.24) is 9.78 Å². The number of benzene rings is 1. The lowest BCUT2D eigenvalue weighted by molar-refractivity contribution is 0.0717. The number of aryl methyl sites for hydroxylation is 1. The third-order valence-electron chi connectivity index (χ3n) is 3.52. The van der Waals surface area contributed by atoms with Crippen LogP contribution in [0.15, 0.2) is 29.3 Å². The van der Waals surface area contributed by atoms with Crippen LogP contribution in [0, 0.1) is 6.92 Å². The Kier molecular flexibility index (Phi) is 6.69. The van der Waals surface area contributed by atoms with Crippen molar-refractivity contribution < 1.29 is 19.0 Å². The molecule has 1 aromatic carbocycles. The predicted molar refractivity (Wildman–Crippen MR) is 93.2 cm³/mol. The van der Waals surface area contributed by atoms with E-state index >= 15 is 0 Å². The lowest BCUT2D eigenvalue weighted by Gasteiger charge is -2.15. The van der Waals surface area contributed by atoms with Gasteiger partial charge in [0.15, 0.2) is 0 Å². The van der Waals surface area contributed by atoms with Crippen molar-refractivity contribution in [2.45, 2.75) is 25.3 Å². The normalized spacial score (nSPS) is 10.7. The highest BCUT2D eigenvalue weighted by Crippen LogP contribution is 2.33. The maximum Gasteiger partial charge on any atom is 0.345 e. The summed E-state index contributed by atoms with van der Waals surface area (Å²) in [6, 6.07) is 5.30. The van der Waals surface area contributed by atoms with Crippen LogP contribution in [0.1, 0.15) is 22.8 Å². The minimum atomic E-state index is -0.424. The van der Waals surface area contributed by atoms with Gasteiger partial charge in [-0.05, 0) is 32.2 Å². The van der Waals surface area contributed by atoms with Crippen LogP contribution in [-0.2, 0) is 11.3 Å². The first kappa shape index (κ1) is 18.4. The van der Waals surface area contributed by atoms with Gasteiger partial charge in [0.05, 0.1) is 18.4 Å². The standard InChI is InChI=1S/C17H22N2O4S/c1-5-19-15(8-9-18-19)23-17(20)13-6-7-14(24-4)16(12(13)2)22-11-10-21-3/h6-9H,5,10-11H2,1-4H3. The Balaban J connectivity index is 2.26. The summed E-state index contributed by atoms with van der Waals surface area (Å²) in [5.41, 5.74) is 1.23. The molecule has 1 aromatic heterocycles. The molecule has 0 aliphatic rings. The fraction of sp³-hybridized carbons (Fsp3) is 0.412. The van der Waals surface area contributed by atoms with Crippen molar-refractivity contribution in [2.24, 2.45) is 0 Å². The molecule has 0 saturated carbocycles. The average molecular weight is 350 g/mol. The maximum atomic E-state index is 12.5. The molecule has 2 aromatic rings. The monoisotopic (exact) mass is 350 g/mol. The van der Waals surface area contributed by atoms with E-state index in [1.165, 1.54) is 0 Å². The van der Waals surface area contributed by atoms with Gasteiger partial charge < -0.3 is 14.2 Å². The Bertz CT molecular complexity index is 700. The SMILES string of the molecule is CCn1nccc1OC(=O)c1ccc(SC)c(OCCOC)c1C. The summed E-state index contributed by atoms with van der Waals surface area (Å²) < 4.78 is 17.9. The summed E-state index contributed by atoms with van der Waals surface area (Å²) in [5, 5.41) is 4.10. The van der Waals surface area contributed by atoms with Gasteiger partial charge in [-0.2, -0.15) is 5.10 Å². The molecule has 6 nitrogen and oxygen atoms in total. The van der Waals surface area contributed by atoms with Gasteiger partial charge in [-0.15, -0.1) is 11.8 Å². The highest BCUT2D eigenvalue weighted by atomic mass is 32.2.